The van der Waals surface area contributed by atoms with E-state index in [-0.39, 0.29) is 6.09 Å². The van der Waals surface area contributed by atoms with Gasteiger partial charge in [0.25, 0.3) is 0 Å². The van der Waals surface area contributed by atoms with Gasteiger partial charge in [0, 0.05) is 12.5 Å². The summed E-state index contributed by atoms with van der Waals surface area (Å²) in [6, 6.07) is 12.8. The summed E-state index contributed by atoms with van der Waals surface area (Å²) in [6.45, 7) is 8.19. The molecule has 0 aliphatic rings. The van der Waals surface area contributed by atoms with Crippen LogP contribution >= 0.6 is 0 Å². The number of unbranched alkanes of at least 4 members (excludes halogenated alkanes) is 3. The third kappa shape index (κ3) is 7.73. The Morgan fingerprint density at radius 3 is 2.45 bits per heavy atom. The van der Waals surface area contributed by atoms with Crippen LogP contribution in [0.25, 0.3) is 0 Å². The quantitative estimate of drug-likeness (QED) is 0.437. The minimum absolute atomic E-state index is 0.389. The number of amides is 1. The van der Waals surface area contributed by atoms with E-state index in [1.165, 1.54) is 17.7 Å². The topological polar surface area (TPSA) is 29.5 Å². The summed E-state index contributed by atoms with van der Waals surface area (Å²) < 4.78 is 5.43. The van der Waals surface area contributed by atoms with Crippen molar-refractivity contribution in [3.05, 3.63) is 35.9 Å². The summed E-state index contributed by atoms with van der Waals surface area (Å²) in [5, 5.41) is 0. The van der Waals surface area contributed by atoms with Crippen LogP contribution in [-0.4, -0.2) is 16.6 Å². The standard InChI is InChI=1S/C19H27NO2/c1-5-6-7-8-12-15-20(18(21)22-19(2,3)4)16-17-13-10-9-11-14-17/h9-11,13-14H,5-8,16H2,1-4H3. The Morgan fingerprint density at radius 1 is 1.18 bits per heavy atom. The summed E-state index contributed by atoms with van der Waals surface area (Å²) >= 11 is 0. The van der Waals surface area contributed by atoms with E-state index in [2.05, 4.69) is 18.9 Å². The molecule has 0 saturated heterocycles. The molecule has 0 fully saturated rings. The molecule has 22 heavy (non-hydrogen) atoms. The molecule has 3 heteroatoms. The lowest BCUT2D eigenvalue weighted by atomic mass is 10.2. The fraction of sp³-hybridized carbons (Fsp3) is 0.526. The lowest BCUT2D eigenvalue weighted by Gasteiger charge is -2.23. The van der Waals surface area contributed by atoms with Crippen molar-refractivity contribution in [1.29, 1.82) is 0 Å². The number of ether oxygens (including phenoxy) is 1. The molecule has 1 amide bonds. The average Bonchev–Trinajstić information content (AvgIpc) is 2.45. The van der Waals surface area contributed by atoms with Crippen LogP contribution in [0.2, 0.25) is 0 Å². The van der Waals surface area contributed by atoms with Crippen molar-refractivity contribution in [1.82, 2.24) is 4.90 Å². The number of hydrogen-bond acceptors (Lipinski definition) is 2. The molecule has 0 radical (unpaired) electrons. The molecule has 0 spiro atoms. The highest BCUT2D eigenvalue weighted by Crippen LogP contribution is 2.12. The molecule has 0 aliphatic carbocycles. The zero-order chi connectivity index (χ0) is 16.4. The minimum atomic E-state index is -0.518. The van der Waals surface area contributed by atoms with Crippen molar-refractivity contribution >= 4 is 6.09 Å². The van der Waals surface area contributed by atoms with Gasteiger partial charge in [0.05, 0.1) is 6.54 Å². The van der Waals surface area contributed by atoms with E-state index in [1.807, 2.05) is 51.1 Å². The Balaban J connectivity index is 2.74. The van der Waals surface area contributed by atoms with E-state index >= 15 is 0 Å². The molecular weight excluding hydrogens is 274 g/mol. The summed E-state index contributed by atoms with van der Waals surface area (Å²) in [4.78, 5) is 13.7. The van der Waals surface area contributed by atoms with Crippen LogP contribution in [0, 0.1) is 12.0 Å². The molecule has 0 aromatic heterocycles. The monoisotopic (exact) mass is 301 g/mol. The SMILES string of the molecule is CCCCCC#CN(Cc1ccccc1)C(=O)OC(C)(C)C. The van der Waals surface area contributed by atoms with Crippen LogP contribution in [0.1, 0.15) is 58.9 Å². The Labute approximate surface area is 134 Å². The van der Waals surface area contributed by atoms with Gasteiger partial charge in [-0.3, -0.25) is 0 Å². The molecule has 3 nitrogen and oxygen atoms in total. The second-order valence-corrected chi connectivity index (χ2v) is 6.30. The summed E-state index contributed by atoms with van der Waals surface area (Å²) in [5.74, 6) is 3.08. The smallest absolute Gasteiger partial charge is 0.422 e. The van der Waals surface area contributed by atoms with Crippen molar-refractivity contribution in [2.45, 2.75) is 65.5 Å². The van der Waals surface area contributed by atoms with Crippen molar-refractivity contribution in [2.24, 2.45) is 0 Å². The Kier molecular flexibility index (Phi) is 7.52. The molecule has 0 unspecified atom stereocenters. The molecule has 0 bridgehead atoms. The van der Waals surface area contributed by atoms with E-state index in [1.54, 1.807) is 0 Å². The maximum atomic E-state index is 12.3. The number of carbonyl (C=O) groups excluding carboxylic acids is 1. The molecule has 120 valence electrons. The molecule has 0 atom stereocenters. The Morgan fingerprint density at radius 2 is 1.86 bits per heavy atom. The van der Waals surface area contributed by atoms with Crippen molar-refractivity contribution < 1.29 is 9.53 Å². The Bertz CT molecular complexity index is 506. The van der Waals surface area contributed by atoms with Crippen LogP contribution in [0.15, 0.2) is 30.3 Å². The fourth-order valence-corrected chi connectivity index (χ4v) is 1.85. The van der Waals surface area contributed by atoms with Crippen LogP contribution < -0.4 is 0 Å². The first-order chi connectivity index (χ1) is 10.4. The van der Waals surface area contributed by atoms with Gasteiger partial charge in [-0.25, -0.2) is 9.69 Å². The number of benzene rings is 1. The van der Waals surface area contributed by atoms with Crippen molar-refractivity contribution in [3.8, 4) is 12.0 Å². The summed E-state index contributed by atoms with van der Waals surface area (Å²) in [6.07, 6.45) is 3.82. The second-order valence-electron chi connectivity index (χ2n) is 6.30. The number of nitrogens with zero attached hydrogens (tertiary/aromatic N) is 1. The van der Waals surface area contributed by atoms with E-state index < -0.39 is 5.60 Å². The van der Waals surface area contributed by atoms with Gasteiger partial charge in [0.15, 0.2) is 0 Å². The lowest BCUT2D eigenvalue weighted by Crippen LogP contribution is -2.33. The first kappa shape index (κ1) is 18.1. The first-order valence-corrected chi connectivity index (χ1v) is 7.95. The van der Waals surface area contributed by atoms with Crippen LogP contribution in [0.3, 0.4) is 0 Å². The second kappa shape index (κ2) is 9.15. The Hall–Kier alpha value is -1.95. The molecule has 0 saturated carbocycles. The number of hydrogen-bond donors (Lipinski definition) is 0. The van der Waals surface area contributed by atoms with Gasteiger partial charge in [-0.15, -0.1) is 0 Å². The van der Waals surface area contributed by atoms with E-state index in [9.17, 15) is 4.79 Å². The first-order valence-electron chi connectivity index (χ1n) is 7.95. The fourth-order valence-electron chi connectivity index (χ4n) is 1.85. The number of rotatable bonds is 5. The predicted molar refractivity (Wildman–Crippen MR) is 90.1 cm³/mol. The van der Waals surface area contributed by atoms with Gasteiger partial charge in [-0.1, -0.05) is 56.0 Å². The van der Waals surface area contributed by atoms with Gasteiger partial charge in [-0.2, -0.15) is 0 Å². The maximum Gasteiger partial charge on any atom is 0.422 e. The van der Waals surface area contributed by atoms with Gasteiger partial charge >= 0.3 is 6.09 Å². The minimum Gasteiger partial charge on any atom is -0.443 e. The lowest BCUT2D eigenvalue weighted by molar-refractivity contribution is 0.0341. The normalized spacial score (nSPS) is 10.5. The van der Waals surface area contributed by atoms with Gasteiger partial charge < -0.3 is 4.74 Å². The largest absolute Gasteiger partial charge is 0.443 e. The zero-order valence-electron chi connectivity index (χ0n) is 14.2. The molecule has 1 rings (SSSR count). The van der Waals surface area contributed by atoms with Crippen LogP contribution in [-0.2, 0) is 11.3 Å². The predicted octanol–water partition coefficient (Wildman–Crippen LogP) is 4.96. The van der Waals surface area contributed by atoms with Crippen molar-refractivity contribution in [2.75, 3.05) is 0 Å². The van der Waals surface area contributed by atoms with Crippen LogP contribution in [0.5, 0.6) is 0 Å². The molecule has 0 aliphatic heterocycles. The highest BCUT2D eigenvalue weighted by molar-refractivity contribution is 5.70. The molecular formula is C19H27NO2. The van der Waals surface area contributed by atoms with E-state index in [4.69, 9.17) is 4.74 Å². The van der Waals surface area contributed by atoms with Gasteiger partial charge in [-0.05, 0) is 32.8 Å². The average molecular weight is 301 g/mol. The molecule has 1 aromatic rings. The van der Waals surface area contributed by atoms with Gasteiger partial charge in [0.1, 0.15) is 5.60 Å². The third-order valence-corrected chi connectivity index (χ3v) is 2.92. The molecule has 1 aromatic carbocycles. The summed E-state index contributed by atoms with van der Waals surface area (Å²) in [7, 11) is 0. The van der Waals surface area contributed by atoms with Crippen molar-refractivity contribution in [3.63, 3.8) is 0 Å². The number of carbonyl (C=O) groups is 1. The highest BCUT2D eigenvalue weighted by atomic mass is 16.6. The third-order valence-electron chi connectivity index (χ3n) is 2.92. The van der Waals surface area contributed by atoms with Gasteiger partial charge in [0.2, 0.25) is 0 Å². The zero-order valence-corrected chi connectivity index (χ0v) is 14.2. The molecule has 0 N–H and O–H groups in total. The van der Waals surface area contributed by atoms with E-state index in [0.717, 1.165) is 18.4 Å². The highest BCUT2D eigenvalue weighted by Gasteiger charge is 2.21. The van der Waals surface area contributed by atoms with Crippen LogP contribution in [0.4, 0.5) is 4.79 Å². The van der Waals surface area contributed by atoms with E-state index in [0.29, 0.717) is 6.54 Å². The summed E-state index contributed by atoms with van der Waals surface area (Å²) in [5.41, 5.74) is 0.520. The maximum absolute atomic E-state index is 12.3. The molecule has 0 heterocycles.